The van der Waals surface area contributed by atoms with Gasteiger partial charge in [-0.2, -0.15) is 0 Å². The number of thiazole rings is 1. The van der Waals surface area contributed by atoms with Gasteiger partial charge < -0.3 is 10.2 Å². The van der Waals surface area contributed by atoms with E-state index in [2.05, 4.69) is 10.3 Å². The lowest BCUT2D eigenvalue weighted by molar-refractivity contribution is 0.0931. The zero-order valence-electron chi connectivity index (χ0n) is 13.7. The van der Waals surface area contributed by atoms with E-state index in [-0.39, 0.29) is 5.91 Å². The average Bonchev–Trinajstić information content (AvgIpc) is 2.98. The Hall–Kier alpha value is -1.88. The van der Waals surface area contributed by atoms with Gasteiger partial charge in [0.1, 0.15) is 4.88 Å². The van der Waals surface area contributed by atoms with Crippen molar-refractivity contribution < 1.29 is 4.79 Å². The highest BCUT2D eigenvalue weighted by Gasteiger charge is 2.21. The van der Waals surface area contributed by atoms with Crippen LogP contribution in [0.25, 0.3) is 0 Å². The van der Waals surface area contributed by atoms with Gasteiger partial charge >= 0.3 is 0 Å². The van der Waals surface area contributed by atoms with Crippen molar-refractivity contribution in [3.8, 4) is 0 Å². The van der Waals surface area contributed by atoms with Crippen LogP contribution in [0.1, 0.15) is 47.5 Å². The molecule has 1 fully saturated rings. The number of hydrogen-bond acceptors (Lipinski definition) is 4. The molecule has 1 aromatic heterocycles. The smallest absolute Gasteiger partial charge is 0.263 e. The van der Waals surface area contributed by atoms with E-state index >= 15 is 0 Å². The first-order valence-electron chi connectivity index (χ1n) is 8.22. The Bertz CT molecular complexity index is 662. The van der Waals surface area contributed by atoms with Crippen molar-refractivity contribution in [1.29, 1.82) is 0 Å². The first-order chi connectivity index (χ1) is 11.1. The minimum absolute atomic E-state index is 0.0274. The molecule has 122 valence electrons. The normalized spacial score (nSPS) is 15.4. The van der Waals surface area contributed by atoms with E-state index in [9.17, 15) is 4.79 Å². The quantitative estimate of drug-likeness (QED) is 0.910. The summed E-state index contributed by atoms with van der Waals surface area (Å²) in [6.07, 6.45) is 5.92. The molecule has 3 rings (SSSR count). The van der Waals surface area contributed by atoms with E-state index in [1.807, 2.05) is 49.2 Å². The highest BCUT2D eigenvalue weighted by molar-refractivity contribution is 7.17. The van der Waals surface area contributed by atoms with Crippen molar-refractivity contribution in [1.82, 2.24) is 10.3 Å². The SMILES string of the molecule is Cc1nc(N(C)c2ccccc2)sc1C(=O)NC1CCCCC1. The van der Waals surface area contributed by atoms with E-state index in [1.54, 1.807) is 0 Å². The molecule has 1 saturated carbocycles. The van der Waals surface area contributed by atoms with Gasteiger partial charge in [-0.15, -0.1) is 0 Å². The maximum Gasteiger partial charge on any atom is 0.263 e. The molecule has 4 nitrogen and oxygen atoms in total. The number of rotatable bonds is 4. The molecule has 0 spiro atoms. The Labute approximate surface area is 141 Å². The number of nitrogens with one attached hydrogen (secondary N) is 1. The predicted molar refractivity (Wildman–Crippen MR) is 95.7 cm³/mol. The van der Waals surface area contributed by atoms with Gasteiger partial charge in [0.05, 0.1) is 5.69 Å². The van der Waals surface area contributed by atoms with Crippen LogP contribution in [0, 0.1) is 6.92 Å². The van der Waals surface area contributed by atoms with E-state index in [0.717, 1.165) is 34.2 Å². The third kappa shape index (κ3) is 3.72. The number of carbonyl (C=O) groups excluding carboxylic acids is 1. The molecule has 1 amide bonds. The fourth-order valence-electron chi connectivity index (χ4n) is 3.00. The minimum Gasteiger partial charge on any atom is -0.349 e. The van der Waals surface area contributed by atoms with Crippen molar-refractivity contribution >= 4 is 28.1 Å². The summed E-state index contributed by atoms with van der Waals surface area (Å²) in [6, 6.07) is 10.4. The molecule has 1 N–H and O–H groups in total. The number of anilines is 2. The van der Waals surface area contributed by atoms with Gasteiger partial charge in [-0.05, 0) is 31.9 Å². The minimum atomic E-state index is 0.0274. The second-order valence-electron chi connectivity index (χ2n) is 6.11. The predicted octanol–water partition coefficient (Wildman–Crippen LogP) is 4.28. The zero-order chi connectivity index (χ0) is 16.2. The molecule has 23 heavy (non-hydrogen) atoms. The Morgan fingerprint density at radius 2 is 1.91 bits per heavy atom. The summed E-state index contributed by atoms with van der Waals surface area (Å²) in [5.74, 6) is 0.0274. The fraction of sp³-hybridized carbons (Fsp3) is 0.444. The first kappa shape index (κ1) is 16.0. The molecular weight excluding hydrogens is 306 g/mol. The van der Waals surface area contributed by atoms with Crippen LogP contribution in [0.4, 0.5) is 10.8 Å². The number of aryl methyl sites for hydroxylation is 1. The third-order valence-corrected chi connectivity index (χ3v) is 5.59. The maximum absolute atomic E-state index is 12.5. The van der Waals surface area contributed by atoms with Gasteiger partial charge in [-0.3, -0.25) is 4.79 Å². The second kappa shape index (κ2) is 7.13. The summed E-state index contributed by atoms with van der Waals surface area (Å²) in [7, 11) is 1.98. The molecule has 1 aliphatic rings. The van der Waals surface area contributed by atoms with E-state index in [1.165, 1.54) is 30.6 Å². The number of carbonyl (C=O) groups is 1. The van der Waals surface area contributed by atoms with Crippen molar-refractivity contribution in [3.63, 3.8) is 0 Å². The molecule has 5 heteroatoms. The number of benzene rings is 1. The largest absolute Gasteiger partial charge is 0.349 e. The average molecular weight is 329 g/mol. The van der Waals surface area contributed by atoms with E-state index in [0.29, 0.717) is 6.04 Å². The van der Waals surface area contributed by atoms with Crippen LogP contribution in [0.15, 0.2) is 30.3 Å². The molecule has 1 aliphatic carbocycles. The standard InChI is InChI=1S/C18H23N3OS/c1-13-16(17(22)20-14-9-5-3-6-10-14)23-18(19-13)21(2)15-11-7-4-8-12-15/h4,7-8,11-12,14H,3,5-6,9-10H2,1-2H3,(H,20,22). The van der Waals surface area contributed by atoms with Crippen LogP contribution >= 0.6 is 11.3 Å². The highest BCUT2D eigenvalue weighted by atomic mass is 32.1. The van der Waals surface area contributed by atoms with Gasteiger partial charge in [0.2, 0.25) is 0 Å². The number of hydrogen-bond donors (Lipinski definition) is 1. The van der Waals surface area contributed by atoms with Gasteiger partial charge in [0.25, 0.3) is 5.91 Å². The topological polar surface area (TPSA) is 45.2 Å². The molecule has 2 aromatic rings. The summed E-state index contributed by atoms with van der Waals surface area (Å²) in [4.78, 5) is 19.9. The molecule has 0 bridgehead atoms. The molecule has 1 heterocycles. The summed E-state index contributed by atoms with van der Waals surface area (Å²) in [5, 5.41) is 4.03. The van der Waals surface area contributed by atoms with Crippen LogP contribution in [0.3, 0.4) is 0 Å². The summed E-state index contributed by atoms with van der Waals surface area (Å²) in [5.41, 5.74) is 1.88. The molecule has 0 radical (unpaired) electrons. The summed E-state index contributed by atoms with van der Waals surface area (Å²) < 4.78 is 0. The number of para-hydroxylation sites is 1. The second-order valence-corrected chi connectivity index (χ2v) is 7.09. The highest BCUT2D eigenvalue weighted by Crippen LogP contribution is 2.30. The summed E-state index contributed by atoms with van der Waals surface area (Å²) >= 11 is 1.46. The Morgan fingerprint density at radius 3 is 2.61 bits per heavy atom. The van der Waals surface area contributed by atoms with Gasteiger partial charge in [0.15, 0.2) is 5.13 Å². The van der Waals surface area contributed by atoms with E-state index < -0.39 is 0 Å². The van der Waals surface area contributed by atoms with Crippen molar-refractivity contribution in [2.45, 2.75) is 45.1 Å². The lowest BCUT2D eigenvalue weighted by atomic mass is 9.95. The lowest BCUT2D eigenvalue weighted by Crippen LogP contribution is -2.36. The Kier molecular flexibility index (Phi) is 4.96. The number of aromatic nitrogens is 1. The van der Waals surface area contributed by atoms with Crippen molar-refractivity contribution in [3.05, 3.63) is 40.9 Å². The fourth-order valence-corrected chi connectivity index (χ4v) is 3.95. The third-order valence-electron chi connectivity index (χ3n) is 4.36. The van der Waals surface area contributed by atoms with Crippen LogP contribution in [0.5, 0.6) is 0 Å². The molecule has 0 unspecified atom stereocenters. The monoisotopic (exact) mass is 329 g/mol. The van der Waals surface area contributed by atoms with Crippen LogP contribution in [-0.2, 0) is 0 Å². The van der Waals surface area contributed by atoms with Gasteiger partial charge in [-0.25, -0.2) is 4.98 Å². The number of amides is 1. The molecule has 0 saturated heterocycles. The van der Waals surface area contributed by atoms with Crippen LogP contribution in [0.2, 0.25) is 0 Å². The lowest BCUT2D eigenvalue weighted by Gasteiger charge is -2.22. The maximum atomic E-state index is 12.5. The molecule has 0 aliphatic heterocycles. The number of nitrogens with zero attached hydrogens (tertiary/aromatic N) is 2. The van der Waals surface area contributed by atoms with Gasteiger partial charge in [-0.1, -0.05) is 48.8 Å². The summed E-state index contributed by atoms with van der Waals surface area (Å²) in [6.45, 7) is 1.91. The van der Waals surface area contributed by atoms with Crippen molar-refractivity contribution in [2.75, 3.05) is 11.9 Å². The Balaban J connectivity index is 1.73. The van der Waals surface area contributed by atoms with Crippen LogP contribution in [-0.4, -0.2) is 24.0 Å². The van der Waals surface area contributed by atoms with Crippen molar-refractivity contribution in [2.24, 2.45) is 0 Å². The zero-order valence-corrected chi connectivity index (χ0v) is 14.5. The van der Waals surface area contributed by atoms with Gasteiger partial charge in [0, 0.05) is 18.8 Å². The van der Waals surface area contributed by atoms with E-state index in [4.69, 9.17) is 0 Å². The molecular formula is C18H23N3OS. The first-order valence-corrected chi connectivity index (χ1v) is 9.04. The molecule has 1 aromatic carbocycles. The Morgan fingerprint density at radius 1 is 1.22 bits per heavy atom. The molecule has 0 atom stereocenters. The van der Waals surface area contributed by atoms with Crippen LogP contribution < -0.4 is 10.2 Å².